The van der Waals surface area contributed by atoms with Crippen molar-refractivity contribution in [2.24, 2.45) is 0 Å². The van der Waals surface area contributed by atoms with Crippen LogP contribution in [0.2, 0.25) is 0 Å². The lowest BCUT2D eigenvalue weighted by Gasteiger charge is -2.32. The number of hydrogen-bond donors (Lipinski definition) is 1. The highest BCUT2D eigenvalue weighted by molar-refractivity contribution is 8.00. The van der Waals surface area contributed by atoms with Crippen molar-refractivity contribution >= 4 is 11.8 Å². The highest BCUT2D eigenvalue weighted by atomic mass is 32.2. The zero-order valence-corrected chi connectivity index (χ0v) is 12.8. The van der Waals surface area contributed by atoms with Crippen LogP contribution in [0.3, 0.4) is 0 Å². The fraction of sp³-hybridized carbons (Fsp3) is 0.625. The summed E-state index contributed by atoms with van der Waals surface area (Å²) in [6.07, 6.45) is 1.77. The number of aliphatic hydroxyl groups is 1. The molecular formula is C16H25NOS. The molecule has 0 spiro atoms. The van der Waals surface area contributed by atoms with Gasteiger partial charge in [0.2, 0.25) is 0 Å². The van der Waals surface area contributed by atoms with Crippen LogP contribution in [0.25, 0.3) is 0 Å². The first-order valence-corrected chi connectivity index (χ1v) is 8.32. The van der Waals surface area contributed by atoms with E-state index in [-0.39, 0.29) is 6.10 Å². The summed E-state index contributed by atoms with van der Waals surface area (Å²) in [5.41, 5.74) is 2.29. The quantitative estimate of drug-likeness (QED) is 0.895. The number of hydrogen-bond acceptors (Lipinski definition) is 3. The highest BCUT2D eigenvalue weighted by Gasteiger charge is 2.19. The molecule has 2 unspecified atom stereocenters. The molecule has 19 heavy (non-hydrogen) atoms. The van der Waals surface area contributed by atoms with Gasteiger partial charge in [-0.05, 0) is 25.3 Å². The van der Waals surface area contributed by atoms with Gasteiger partial charge >= 0.3 is 0 Å². The van der Waals surface area contributed by atoms with Crippen LogP contribution in [-0.4, -0.2) is 40.6 Å². The van der Waals surface area contributed by atoms with E-state index in [1.807, 2.05) is 12.1 Å². The molecule has 0 amide bonds. The van der Waals surface area contributed by atoms with E-state index in [4.69, 9.17) is 0 Å². The van der Waals surface area contributed by atoms with Gasteiger partial charge in [0.15, 0.2) is 0 Å². The molecule has 0 bridgehead atoms. The summed E-state index contributed by atoms with van der Waals surface area (Å²) < 4.78 is 0. The molecule has 2 atom stereocenters. The number of aryl methyl sites for hydroxylation is 1. The summed E-state index contributed by atoms with van der Waals surface area (Å²) in [6, 6.07) is 8.23. The van der Waals surface area contributed by atoms with Gasteiger partial charge in [0.1, 0.15) is 0 Å². The van der Waals surface area contributed by atoms with Crippen LogP contribution >= 0.6 is 11.8 Å². The average Bonchev–Trinajstić information content (AvgIpc) is 2.46. The topological polar surface area (TPSA) is 23.5 Å². The monoisotopic (exact) mass is 279 g/mol. The molecule has 2 nitrogen and oxygen atoms in total. The van der Waals surface area contributed by atoms with Gasteiger partial charge in [-0.1, -0.05) is 36.8 Å². The van der Waals surface area contributed by atoms with Crippen LogP contribution < -0.4 is 0 Å². The predicted molar refractivity (Wildman–Crippen MR) is 83.7 cm³/mol. The maximum Gasteiger partial charge on any atom is 0.0802 e. The molecule has 0 aliphatic carbocycles. The van der Waals surface area contributed by atoms with Gasteiger partial charge in [-0.2, -0.15) is 11.8 Å². The van der Waals surface area contributed by atoms with Gasteiger partial charge in [-0.15, -0.1) is 0 Å². The van der Waals surface area contributed by atoms with Gasteiger partial charge in [0.25, 0.3) is 0 Å². The number of rotatable bonds is 5. The highest BCUT2D eigenvalue weighted by Crippen LogP contribution is 2.23. The third-order valence-corrected chi connectivity index (χ3v) is 5.23. The predicted octanol–water partition coefficient (Wildman–Crippen LogP) is 3.25. The molecule has 3 heteroatoms. The fourth-order valence-electron chi connectivity index (χ4n) is 2.49. The Morgan fingerprint density at radius 1 is 1.37 bits per heavy atom. The van der Waals surface area contributed by atoms with Crippen LogP contribution in [0, 0.1) is 6.92 Å². The Morgan fingerprint density at radius 2 is 2.11 bits per heavy atom. The average molecular weight is 279 g/mol. The molecule has 106 valence electrons. The Kier molecular flexibility index (Phi) is 5.74. The minimum Gasteiger partial charge on any atom is -0.388 e. The van der Waals surface area contributed by atoms with Gasteiger partial charge in [0.05, 0.1) is 6.10 Å². The summed E-state index contributed by atoms with van der Waals surface area (Å²) in [5.74, 6) is 1.24. The Hall–Kier alpha value is -0.510. The van der Waals surface area contributed by atoms with Crippen molar-refractivity contribution in [3.8, 4) is 0 Å². The van der Waals surface area contributed by atoms with E-state index in [1.165, 1.54) is 30.8 Å². The van der Waals surface area contributed by atoms with E-state index >= 15 is 0 Å². The van der Waals surface area contributed by atoms with Crippen molar-refractivity contribution in [1.82, 2.24) is 4.90 Å². The third-order valence-electron chi connectivity index (χ3n) is 3.86. The summed E-state index contributed by atoms with van der Waals surface area (Å²) in [7, 11) is 0. The molecule has 1 heterocycles. The Bertz CT molecular complexity index is 379. The van der Waals surface area contributed by atoms with Gasteiger partial charge in [-0.3, -0.25) is 0 Å². The zero-order valence-electron chi connectivity index (χ0n) is 12.0. The fourth-order valence-corrected chi connectivity index (χ4v) is 3.74. The van der Waals surface area contributed by atoms with Crippen LogP contribution in [-0.2, 0) is 0 Å². The molecule has 1 aliphatic heterocycles. The maximum absolute atomic E-state index is 10.2. The summed E-state index contributed by atoms with van der Waals surface area (Å²) in [5, 5.41) is 11.0. The molecule has 1 saturated heterocycles. The molecule has 1 aromatic rings. The number of nitrogens with zero attached hydrogens (tertiary/aromatic N) is 1. The van der Waals surface area contributed by atoms with Crippen molar-refractivity contribution in [3.05, 3.63) is 35.4 Å². The lowest BCUT2D eigenvalue weighted by molar-refractivity contribution is 0.143. The SMILES string of the molecule is CCC1CN(CCC(O)c2ccc(C)cc2)CCS1. The van der Waals surface area contributed by atoms with Crippen LogP contribution in [0.1, 0.15) is 37.0 Å². The first kappa shape index (κ1) is 14.9. The Labute approximate surface area is 121 Å². The second kappa shape index (κ2) is 7.32. The summed E-state index contributed by atoms with van der Waals surface area (Å²) >= 11 is 2.10. The van der Waals surface area contributed by atoms with Gasteiger partial charge < -0.3 is 10.0 Å². The Balaban J connectivity index is 1.79. The molecule has 0 aromatic heterocycles. The van der Waals surface area contributed by atoms with E-state index in [2.05, 4.69) is 42.6 Å². The van der Waals surface area contributed by atoms with Crippen molar-refractivity contribution in [1.29, 1.82) is 0 Å². The van der Waals surface area contributed by atoms with Crippen LogP contribution in [0.5, 0.6) is 0 Å². The molecule has 0 saturated carbocycles. The van der Waals surface area contributed by atoms with Crippen LogP contribution in [0.15, 0.2) is 24.3 Å². The molecule has 1 fully saturated rings. The normalized spacial score (nSPS) is 22.4. The number of thioether (sulfide) groups is 1. The molecule has 1 aliphatic rings. The van der Waals surface area contributed by atoms with Crippen molar-refractivity contribution < 1.29 is 5.11 Å². The third kappa shape index (κ3) is 4.51. The molecule has 2 rings (SSSR count). The lowest BCUT2D eigenvalue weighted by Crippen LogP contribution is -2.38. The van der Waals surface area contributed by atoms with E-state index in [1.54, 1.807) is 0 Å². The molecule has 1 aromatic carbocycles. The van der Waals surface area contributed by atoms with Crippen molar-refractivity contribution in [3.63, 3.8) is 0 Å². The first-order chi connectivity index (χ1) is 9.19. The minimum absolute atomic E-state index is 0.324. The Morgan fingerprint density at radius 3 is 2.79 bits per heavy atom. The summed E-state index contributed by atoms with van der Waals surface area (Å²) in [4.78, 5) is 2.50. The molecule has 0 radical (unpaired) electrons. The standard InChI is InChI=1S/C16H25NOS/c1-3-15-12-17(10-11-19-15)9-8-16(18)14-6-4-13(2)5-7-14/h4-7,15-16,18H,3,8-12H2,1-2H3. The van der Waals surface area contributed by atoms with Crippen molar-refractivity contribution in [2.75, 3.05) is 25.4 Å². The largest absolute Gasteiger partial charge is 0.388 e. The van der Waals surface area contributed by atoms with E-state index < -0.39 is 0 Å². The smallest absolute Gasteiger partial charge is 0.0802 e. The van der Waals surface area contributed by atoms with E-state index in [0.29, 0.717) is 0 Å². The van der Waals surface area contributed by atoms with Crippen LogP contribution in [0.4, 0.5) is 0 Å². The van der Waals surface area contributed by atoms with E-state index in [9.17, 15) is 5.11 Å². The second-order valence-corrected chi connectivity index (χ2v) is 6.83. The van der Waals surface area contributed by atoms with E-state index in [0.717, 1.165) is 23.8 Å². The molecule has 1 N–H and O–H groups in total. The summed E-state index contributed by atoms with van der Waals surface area (Å²) in [6.45, 7) is 7.70. The van der Waals surface area contributed by atoms with Crippen molar-refractivity contribution in [2.45, 2.75) is 38.0 Å². The maximum atomic E-state index is 10.2. The molecular weight excluding hydrogens is 254 g/mol. The minimum atomic E-state index is -0.324. The van der Waals surface area contributed by atoms with Gasteiger partial charge in [-0.25, -0.2) is 0 Å². The number of aliphatic hydroxyl groups excluding tert-OH is 1. The van der Waals surface area contributed by atoms with Gasteiger partial charge in [0, 0.05) is 30.6 Å². The first-order valence-electron chi connectivity index (χ1n) is 7.27. The lowest BCUT2D eigenvalue weighted by atomic mass is 10.0. The second-order valence-electron chi connectivity index (χ2n) is 5.42. The zero-order chi connectivity index (χ0) is 13.7. The number of benzene rings is 1.